The first kappa shape index (κ1) is 8.52. The van der Waals surface area contributed by atoms with Crippen molar-refractivity contribution in [1.82, 2.24) is 0 Å². The minimum atomic E-state index is -1.32. The van der Waals surface area contributed by atoms with Crippen molar-refractivity contribution in [2.24, 2.45) is 0 Å². The second-order valence-corrected chi connectivity index (χ2v) is 2.25. The number of halogens is 1. The van der Waals surface area contributed by atoms with E-state index in [1.807, 2.05) is 0 Å². The predicted molar refractivity (Wildman–Crippen MR) is 39.9 cm³/mol. The van der Waals surface area contributed by atoms with Gasteiger partial charge >= 0.3 is 5.97 Å². The number of hydrogen-bond donors (Lipinski definition) is 2. The van der Waals surface area contributed by atoms with E-state index in [0.29, 0.717) is 0 Å². The highest BCUT2D eigenvalue weighted by Crippen LogP contribution is 2.21. The van der Waals surface area contributed by atoms with Crippen LogP contribution in [0.25, 0.3) is 0 Å². The smallest absolute Gasteiger partial charge is 0.339 e. The fourth-order valence-electron chi connectivity index (χ4n) is 0.945. The number of benzene rings is 1. The maximum Gasteiger partial charge on any atom is 0.339 e. The zero-order valence-corrected chi connectivity index (χ0v) is 6.12. The average molecular weight is 170 g/mol. The number of carboxylic acids is 1. The lowest BCUT2D eigenvalue weighted by Crippen LogP contribution is -2.01. The Morgan fingerprint density at radius 2 is 2.17 bits per heavy atom. The van der Waals surface area contributed by atoms with Gasteiger partial charge in [-0.05, 0) is 6.07 Å². The van der Waals surface area contributed by atoms with Crippen LogP contribution in [0.5, 0.6) is 5.75 Å². The molecule has 0 amide bonds. The molecule has 0 atom stereocenters. The van der Waals surface area contributed by atoms with Crippen molar-refractivity contribution in [3.8, 4) is 5.75 Å². The van der Waals surface area contributed by atoms with Gasteiger partial charge in [-0.3, -0.25) is 0 Å². The van der Waals surface area contributed by atoms with Crippen LogP contribution in [0.15, 0.2) is 18.2 Å². The molecule has 4 heteroatoms. The highest BCUT2D eigenvalue weighted by molar-refractivity contribution is 5.92. The number of alkyl halides is 1. The molecule has 64 valence electrons. The summed E-state index contributed by atoms with van der Waals surface area (Å²) in [6.45, 7) is -0.893. The van der Waals surface area contributed by atoms with E-state index in [2.05, 4.69) is 0 Å². The lowest BCUT2D eigenvalue weighted by Gasteiger charge is -2.02. The molecule has 3 nitrogen and oxygen atoms in total. The van der Waals surface area contributed by atoms with Gasteiger partial charge in [0.05, 0.1) is 0 Å². The zero-order valence-electron chi connectivity index (χ0n) is 6.12. The van der Waals surface area contributed by atoms with Gasteiger partial charge < -0.3 is 10.2 Å². The molecule has 0 saturated heterocycles. The maximum absolute atomic E-state index is 12.2. The van der Waals surface area contributed by atoms with E-state index in [4.69, 9.17) is 10.2 Å². The predicted octanol–water partition coefficient (Wildman–Crippen LogP) is 1.56. The molecule has 0 spiro atoms. The fourth-order valence-corrected chi connectivity index (χ4v) is 0.945. The number of rotatable bonds is 2. The van der Waals surface area contributed by atoms with Crippen LogP contribution in [0.1, 0.15) is 15.9 Å². The van der Waals surface area contributed by atoms with Gasteiger partial charge in [-0.2, -0.15) is 0 Å². The van der Waals surface area contributed by atoms with Crippen LogP contribution in [0.2, 0.25) is 0 Å². The molecule has 0 saturated carbocycles. The minimum Gasteiger partial charge on any atom is -0.507 e. The van der Waals surface area contributed by atoms with Crippen molar-refractivity contribution in [1.29, 1.82) is 0 Å². The Morgan fingerprint density at radius 1 is 1.50 bits per heavy atom. The quantitative estimate of drug-likeness (QED) is 0.708. The van der Waals surface area contributed by atoms with Gasteiger partial charge in [-0.25, -0.2) is 9.18 Å². The second kappa shape index (κ2) is 3.21. The number of carboxylic acid groups (broad SMARTS) is 1. The molecular formula is C8H7FO3. The minimum absolute atomic E-state index is 0.0116. The maximum atomic E-state index is 12.2. The molecule has 0 unspecified atom stereocenters. The molecule has 1 rings (SSSR count). The fraction of sp³-hybridized carbons (Fsp3) is 0.125. The summed E-state index contributed by atoms with van der Waals surface area (Å²) in [5.41, 5.74) is -0.373. The monoisotopic (exact) mass is 170 g/mol. The van der Waals surface area contributed by atoms with Gasteiger partial charge in [0.15, 0.2) is 0 Å². The lowest BCUT2D eigenvalue weighted by atomic mass is 10.1. The number of carbonyl (C=O) groups is 1. The number of aromatic hydroxyl groups is 1. The van der Waals surface area contributed by atoms with Crippen LogP contribution in [-0.2, 0) is 6.67 Å². The van der Waals surface area contributed by atoms with E-state index in [9.17, 15) is 9.18 Å². The molecule has 2 N–H and O–H groups in total. The van der Waals surface area contributed by atoms with Gasteiger partial charge in [-0.1, -0.05) is 12.1 Å². The molecule has 1 aromatic rings. The molecule has 0 fully saturated rings. The summed E-state index contributed by atoms with van der Waals surface area (Å²) in [7, 11) is 0. The zero-order chi connectivity index (χ0) is 9.14. The molecule has 0 radical (unpaired) electrons. The normalized spacial score (nSPS) is 9.75. The summed E-state index contributed by atoms with van der Waals surface area (Å²) in [6, 6.07) is 3.93. The Bertz CT molecular complexity index is 309. The number of aromatic carboxylic acids is 1. The Kier molecular flexibility index (Phi) is 2.28. The van der Waals surface area contributed by atoms with Gasteiger partial charge in [-0.15, -0.1) is 0 Å². The first-order valence-corrected chi connectivity index (χ1v) is 3.27. The van der Waals surface area contributed by atoms with Gasteiger partial charge in [0.1, 0.15) is 18.0 Å². The van der Waals surface area contributed by atoms with Crippen LogP contribution >= 0.6 is 0 Å². The van der Waals surface area contributed by atoms with Crippen molar-refractivity contribution >= 4 is 5.97 Å². The second-order valence-electron chi connectivity index (χ2n) is 2.25. The van der Waals surface area contributed by atoms with Crippen LogP contribution in [0.3, 0.4) is 0 Å². The number of phenols is 1. The van der Waals surface area contributed by atoms with E-state index in [-0.39, 0.29) is 11.1 Å². The Balaban J connectivity index is 3.29. The summed E-state index contributed by atoms with van der Waals surface area (Å²) in [4.78, 5) is 10.5. The highest BCUT2D eigenvalue weighted by Gasteiger charge is 2.13. The molecule has 0 heterocycles. The van der Waals surface area contributed by atoms with Crippen LogP contribution < -0.4 is 0 Å². The molecule has 0 aliphatic heterocycles. The van der Waals surface area contributed by atoms with Crippen LogP contribution in [0, 0.1) is 0 Å². The van der Waals surface area contributed by atoms with E-state index in [0.717, 1.165) is 0 Å². The Hall–Kier alpha value is -1.58. The van der Waals surface area contributed by atoms with E-state index >= 15 is 0 Å². The van der Waals surface area contributed by atoms with Gasteiger partial charge in [0.2, 0.25) is 0 Å². The average Bonchev–Trinajstić information content (AvgIpc) is 2.03. The first-order chi connectivity index (χ1) is 5.66. The Labute approximate surface area is 68.1 Å². The first-order valence-electron chi connectivity index (χ1n) is 3.27. The molecular weight excluding hydrogens is 163 g/mol. The van der Waals surface area contributed by atoms with Crippen LogP contribution in [-0.4, -0.2) is 16.2 Å². The molecule has 0 aliphatic rings. The van der Waals surface area contributed by atoms with Crippen molar-refractivity contribution in [2.75, 3.05) is 0 Å². The van der Waals surface area contributed by atoms with Gasteiger partial charge in [0, 0.05) is 5.56 Å². The largest absolute Gasteiger partial charge is 0.507 e. The van der Waals surface area contributed by atoms with Crippen molar-refractivity contribution in [3.63, 3.8) is 0 Å². The summed E-state index contributed by atoms with van der Waals surface area (Å²) < 4.78 is 12.2. The third-order valence-electron chi connectivity index (χ3n) is 1.49. The third-order valence-corrected chi connectivity index (χ3v) is 1.49. The molecule has 0 aromatic heterocycles. The summed E-state index contributed by atoms with van der Waals surface area (Å²) in [6.07, 6.45) is 0. The summed E-state index contributed by atoms with van der Waals surface area (Å²) in [5.74, 6) is -1.72. The summed E-state index contributed by atoms with van der Waals surface area (Å²) >= 11 is 0. The summed E-state index contributed by atoms with van der Waals surface area (Å²) in [5, 5.41) is 17.6. The van der Waals surface area contributed by atoms with Gasteiger partial charge in [0.25, 0.3) is 0 Å². The Morgan fingerprint density at radius 3 is 2.58 bits per heavy atom. The molecule has 12 heavy (non-hydrogen) atoms. The molecule has 0 aliphatic carbocycles. The van der Waals surface area contributed by atoms with Crippen molar-refractivity contribution in [3.05, 3.63) is 29.3 Å². The van der Waals surface area contributed by atoms with Crippen LogP contribution in [0.4, 0.5) is 4.39 Å². The molecule has 1 aromatic carbocycles. The molecule has 0 bridgehead atoms. The number of hydrogen-bond acceptors (Lipinski definition) is 2. The SMILES string of the molecule is O=C(O)c1c(O)cccc1CF. The lowest BCUT2D eigenvalue weighted by molar-refractivity contribution is 0.0691. The van der Waals surface area contributed by atoms with Crippen molar-refractivity contribution in [2.45, 2.75) is 6.67 Å². The standard InChI is InChI=1S/C8H7FO3/c9-4-5-2-1-3-6(10)7(5)8(11)12/h1-3,10H,4H2,(H,11,12). The van der Waals surface area contributed by atoms with Crippen molar-refractivity contribution < 1.29 is 19.4 Å². The third kappa shape index (κ3) is 1.37. The topological polar surface area (TPSA) is 57.5 Å². The van der Waals surface area contributed by atoms with E-state index in [1.54, 1.807) is 0 Å². The van der Waals surface area contributed by atoms with E-state index < -0.39 is 18.4 Å². The highest BCUT2D eigenvalue weighted by atomic mass is 19.1. The van der Waals surface area contributed by atoms with E-state index in [1.165, 1.54) is 18.2 Å².